The molecule has 0 N–H and O–H groups in total. The van der Waals surface area contributed by atoms with Crippen molar-refractivity contribution in [1.82, 2.24) is 0 Å². The highest BCUT2D eigenvalue weighted by molar-refractivity contribution is 5.77. The SMILES string of the molecule is CCCCCCOC(=O)CCC(=O)OC(CC)C(C)CCC. The Balaban J connectivity index is 3.84. The van der Waals surface area contributed by atoms with Gasteiger partial charge >= 0.3 is 11.9 Å². The zero-order chi connectivity index (χ0) is 16.8. The second-order valence-electron chi connectivity index (χ2n) is 5.98. The summed E-state index contributed by atoms with van der Waals surface area (Å²) in [4.78, 5) is 23.4. The van der Waals surface area contributed by atoms with Crippen LogP contribution in [0.4, 0.5) is 0 Å². The van der Waals surface area contributed by atoms with Gasteiger partial charge in [0, 0.05) is 0 Å². The Bertz CT molecular complexity index is 301. The average molecular weight is 314 g/mol. The van der Waals surface area contributed by atoms with Crippen molar-refractivity contribution in [3.8, 4) is 0 Å². The zero-order valence-electron chi connectivity index (χ0n) is 14.9. The van der Waals surface area contributed by atoms with E-state index in [0.717, 1.165) is 44.9 Å². The Kier molecular flexibility index (Phi) is 12.9. The molecule has 0 aliphatic rings. The van der Waals surface area contributed by atoms with Crippen LogP contribution in [0, 0.1) is 5.92 Å². The van der Waals surface area contributed by atoms with Gasteiger partial charge in [-0.1, -0.05) is 53.4 Å². The molecule has 0 rings (SSSR count). The van der Waals surface area contributed by atoms with Crippen LogP contribution >= 0.6 is 0 Å². The number of rotatable bonds is 13. The van der Waals surface area contributed by atoms with E-state index < -0.39 is 0 Å². The maximum absolute atomic E-state index is 11.8. The number of ether oxygens (including phenoxy) is 2. The van der Waals surface area contributed by atoms with E-state index in [1.807, 2.05) is 6.92 Å². The highest BCUT2D eigenvalue weighted by Crippen LogP contribution is 2.17. The first-order valence-corrected chi connectivity index (χ1v) is 8.90. The smallest absolute Gasteiger partial charge is 0.306 e. The Morgan fingerprint density at radius 1 is 0.909 bits per heavy atom. The number of carbonyl (C=O) groups excluding carboxylic acids is 2. The van der Waals surface area contributed by atoms with Crippen LogP contribution in [0.25, 0.3) is 0 Å². The topological polar surface area (TPSA) is 52.6 Å². The van der Waals surface area contributed by atoms with E-state index in [-0.39, 0.29) is 30.9 Å². The van der Waals surface area contributed by atoms with Crippen LogP contribution in [0.3, 0.4) is 0 Å². The van der Waals surface area contributed by atoms with Gasteiger partial charge in [-0.25, -0.2) is 0 Å². The Morgan fingerprint density at radius 3 is 2.18 bits per heavy atom. The molecule has 0 spiro atoms. The molecule has 22 heavy (non-hydrogen) atoms. The van der Waals surface area contributed by atoms with Gasteiger partial charge in [-0.2, -0.15) is 0 Å². The van der Waals surface area contributed by atoms with Crippen molar-refractivity contribution < 1.29 is 19.1 Å². The van der Waals surface area contributed by atoms with Crippen LogP contribution < -0.4 is 0 Å². The lowest BCUT2D eigenvalue weighted by molar-refractivity contribution is -0.155. The second kappa shape index (κ2) is 13.6. The van der Waals surface area contributed by atoms with Gasteiger partial charge in [0.1, 0.15) is 6.10 Å². The van der Waals surface area contributed by atoms with Crippen molar-refractivity contribution in [1.29, 1.82) is 0 Å². The summed E-state index contributed by atoms with van der Waals surface area (Å²) in [6, 6.07) is 0. The molecule has 0 aliphatic heterocycles. The first kappa shape index (κ1) is 20.9. The van der Waals surface area contributed by atoms with Crippen LogP contribution in [-0.2, 0) is 19.1 Å². The standard InChI is InChI=1S/C18H34O4/c1-5-8-9-10-14-21-17(19)12-13-18(20)22-16(7-3)15(4)11-6-2/h15-16H,5-14H2,1-4H3. The molecule has 0 aromatic rings. The average Bonchev–Trinajstić information content (AvgIpc) is 2.50. The lowest BCUT2D eigenvalue weighted by atomic mass is 9.97. The molecule has 0 saturated carbocycles. The van der Waals surface area contributed by atoms with Crippen molar-refractivity contribution in [2.24, 2.45) is 5.92 Å². The predicted molar refractivity (Wildman–Crippen MR) is 88.6 cm³/mol. The van der Waals surface area contributed by atoms with E-state index in [1.165, 1.54) is 0 Å². The minimum atomic E-state index is -0.303. The highest BCUT2D eigenvalue weighted by Gasteiger charge is 2.19. The van der Waals surface area contributed by atoms with Crippen LogP contribution in [0.5, 0.6) is 0 Å². The van der Waals surface area contributed by atoms with Gasteiger partial charge in [0.05, 0.1) is 19.4 Å². The first-order valence-electron chi connectivity index (χ1n) is 8.90. The van der Waals surface area contributed by atoms with E-state index in [9.17, 15) is 9.59 Å². The molecule has 0 aromatic carbocycles. The summed E-state index contributed by atoms with van der Waals surface area (Å²) in [6.07, 6.45) is 7.44. The molecule has 0 bridgehead atoms. The quantitative estimate of drug-likeness (QED) is 0.367. The predicted octanol–water partition coefficient (Wildman–Crippen LogP) is 4.65. The number of hydrogen-bond donors (Lipinski definition) is 0. The summed E-state index contributed by atoms with van der Waals surface area (Å²) in [7, 11) is 0. The van der Waals surface area contributed by atoms with E-state index in [2.05, 4.69) is 20.8 Å². The van der Waals surface area contributed by atoms with E-state index in [1.54, 1.807) is 0 Å². The minimum absolute atomic E-state index is 0.0440. The fourth-order valence-corrected chi connectivity index (χ4v) is 2.46. The third-order valence-electron chi connectivity index (χ3n) is 3.86. The lowest BCUT2D eigenvalue weighted by Crippen LogP contribution is -2.25. The van der Waals surface area contributed by atoms with Gasteiger partial charge in [-0.3, -0.25) is 9.59 Å². The molecule has 2 unspecified atom stereocenters. The summed E-state index contributed by atoms with van der Waals surface area (Å²) in [5.74, 6) is -0.231. The van der Waals surface area contributed by atoms with Crippen LogP contribution in [0.1, 0.15) is 85.5 Å². The summed E-state index contributed by atoms with van der Waals surface area (Å²) in [5.41, 5.74) is 0. The van der Waals surface area contributed by atoms with Gasteiger partial charge in [-0.05, 0) is 25.2 Å². The Morgan fingerprint density at radius 2 is 1.59 bits per heavy atom. The summed E-state index contributed by atoms with van der Waals surface area (Å²) in [6.45, 7) is 8.85. The van der Waals surface area contributed by atoms with Crippen LogP contribution in [0.15, 0.2) is 0 Å². The molecule has 4 nitrogen and oxygen atoms in total. The fourth-order valence-electron chi connectivity index (χ4n) is 2.46. The monoisotopic (exact) mass is 314 g/mol. The molecule has 0 fully saturated rings. The lowest BCUT2D eigenvalue weighted by Gasteiger charge is -2.22. The molecule has 2 atom stereocenters. The second-order valence-corrected chi connectivity index (χ2v) is 5.98. The van der Waals surface area contributed by atoms with Crippen LogP contribution in [-0.4, -0.2) is 24.6 Å². The number of carbonyl (C=O) groups is 2. The third kappa shape index (κ3) is 10.6. The molecule has 130 valence electrons. The molecular weight excluding hydrogens is 280 g/mol. The van der Waals surface area contributed by atoms with E-state index >= 15 is 0 Å². The van der Waals surface area contributed by atoms with Gasteiger partial charge in [0.15, 0.2) is 0 Å². The fraction of sp³-hybridized carbons (Fsp3) is 0.889. The molecule has 0 saturated heterocycles. The first-order chi connectivity index (χ1) is 10.5. The third-order valence-corrected chi connectivity index (χ3v) is 3.86. The minimum Gasteiger partial charge on any atom is -0.466 e. The van der Waals surface area contributed by atoms with Gasteiger partial charge < -0.3 is 9.47 Å². The van der Waals surface area contributed by atoms with Crippen molar-refractivity contribution >= 4 is 11.9 Å². The largest absolute Gasteiger partial charge is 0.466 e. The molecule has 4 heteroatoms. The number of hydrogen-bond acceptors (Lipinski definition) is 4. The summed E-state index contributed by atoms with van der Waals surface area (Å²) < 4.78 is 10.6. The van der Waals surface area contributed by atoms with Crippen molar-refractivity contribution in [3.05, 3.63) is 0 Å². The molecular formula is C18H34O4. The van der Waals surface area contributed by atoms with E-state index in [4.69, 9.17) is 9.47 Å². The Labute approximate surface area is 135 Å². The van der Waals surface area contributed by atoms with E-state index in [0.29, 0.717) is 12.5 Å². The molecule has 0 radical (unpaired) electrons. The van der Waals surface area contributed by atoms with Crippen molar-refractivity contribution in [2.45, 2.75) is 91.6 Å². The molecule has 0 aliphatic carbocycles. The van der Waals surface area contributed by atoms with Gasteiger partial charge in [0.2, 0.25) is 0 Å². The van der Waals surface area contributed by atoms with Crippen molar-refractivity contribution in [3.63, 3.8) is 0 Å². The highest BCUT2D eigenvalue weighted by atomic mass is 16.5. The zero-order valence-corrected chi connectivity index (χ0v) is 14.9. The Hall–Kier alpha value is -1.06. The summed E-state index contributed by atoms with van der Waals surface area (Å²) in [5, 5.41) is 0. The maximum atomic E-state index is 11.8. The number of unbranched alkanes of at least 4 members (excludes halogenated alkanes) is 3. The molecule has 0 amide bonds. The number of esters is 2. The van der Waals surface area contributed by atoms with Crippen molar-refractivity contribution in [2.75, 3.05) is 6.61 Å². The van der Waals surface area contributed by atoms with Gasteiger partial charge in [0.25, 0.3) is 0 Å². The van der Waals surface area contributed by atoms with Gasteiger partial charge in [-0.15, -0.1) is 0 Å². The molecule has 0 heterocycles. The maximum Gasteiger partial charge on any atom is 0.306 e. The van der Waals surface area contributed by atoms with Crippen LogP contribution in [0.2, 0.25) is 0 Å². The summed E-state index contributed by atoms with van der Waals surface area (Å²) >= 11 is 0. The molecule has 0 aromatic heterocycles. The normalized spacial score (nSPS) is 13.5.